The number of halogens is 2. The molecule has 3 aromatic rings. The van der Waals surface area contributed by atoms with Crippen LogP contribution in [0.25, 0.3) is 22.6 Å². The highest BCUT2D eigenvalue weighted by Gasteiger charge is 2.35. The molecule has 1 saturated heterocycles. The fourth-order valence-electron chi connectivity index (χ4n) is 3.13. The second-order valence-corrected chi connectivity index (χ2v) is 9.10. The summed E-state index contributed by atoms with van der Waals surface area (Å²) in [6.45, 7) is 2.69. The van der Waals surface area contributed by atoms with Crippen molar-refractivity contribution in [2.75, 3.05) is 24.2 Å². The molecule has 0 aliphatic carbocycles. The second-order valence-electron chi connectivity index (χ2n) is 6.77. The predicted molar refractivity (Wildman–Crippen MR) is 96.6 cm³/mol. The molecule has 1 aromatic heterocycles. The standard InChI is InChI=1S/C18H16F2N2O4S/c1-9-3-16-13(6-14(9)22-7-11(8-22)27(2,24)25)21-18(26-16)10-4-12(19)17(20)15(23)5-10/h3-6,11,23H,7-8H2,1-2H3. The van der Waals surface area contributed by atoms with Gasteiger partial charge in [-0.2, -0.15) is 4.39 Å². The number of hydrogen-bond acceptors (Lipinski definition) is 6. The largest absolute Gasteiger partial charge is 0.505 e. The van der Waals surface area contributed by atoms with E-state index < -0.39 is 27.2 Å². The summed E-state index contributed by atoms with van der Waals surface area (Å²) in [7, 11) is -3.07. The molecule has 0 bridgehead atoms. The Morgan fingerprint density at radius 3 is 2.56 bits per heavy atom. The zero-order valence-corrected chi connectivity index (χ0v) is 15.3. The number of benzene rings is 2. The molecule has 0 saturated carbocycles. The Labute approximate surface area is 154 Å². The van der Waals surface area contributed by atoms with Gasteiger partial charge < -0.3 is 14.4 Å². The van der Waals surface area contributed by atoms with E-state index in [0.717, 1.165) is 23.4 Å². The summed E-state index contributed by atoms with van der Waals surface area (Å²) < 4.78 is 55.6. The van der Waals surface area contributed by atoms with E-state index in [9.17, 15) is 22.3 Å². The average molecular weight is 394 g/mol. The smallest absolute Gasteiger partial charge is 0.227 e. The normalized spacial score (nSPS) is 15.3. The summed E-state index contributed by atoms with van der Waals surface area (Å²) in [5.74, 6) is -3.30. The third-order valence-electron chi connectivity index (χ3n) is 4.76. The molecule has 0 spiro atoms. The summed E-state index contributed by atoms with van der Waals surface area (Å²) in [5, 5.41) is 9.08. The molecule has 0 unspecified atom stereocenters. The van der Waals surface area contributed by atoms with Crippen molar-refractivity contribution in [3.05, 3.63) is 41.5 Å². The fraction of sp³-hybridized carbons (Fsp3) is 0.278. The Bertz CT molecular complexity index is 1140. The molecule has 1 N–H and O–H groups in total. The molecule has 142 valence electrons. The maximum Gasteiger partial charge on any atom is 0.227 e. The minimum Gasteiger partial charge on any atom is -0.505 e. The van der Waals surface area contributed by atoms with Gasteiger partial charge in [0.05, 0.1) is 5.25 Å². The van der Waals surface area contributed by atoms with Gasteiger partial charge in [0.25, 0.3) is 0 Å². The lowest BCUT2D eigenvalue weighted by Crippen LogP contribution is -2.54. The van der Waals surface area contributed by atoms with Gasteiger partial charge in [-0.3, -0.25) is 0 Å². The second kappa shape index (κ2) is 5.91. The monoisotopic (exact) mass is 394 g/mol. The van der Waals surface area contributed by atoms with Gasteiger partial charge in [0.1, 0.15) is 5.52 Å². The Kier molecular flexibility index (Phi) is 3.88. The van der Waals surface area contributed by atoms with Crippen molar-refractivity contribution in [2.24, 2.45) is 0 Å². The van der Waals surface area contributed by atoms with Gasteiger partial charge in [0.2, 0.25) is 5.89 Å². The Morgan fingerprint density at radius 2 is 1.93 bits per heavy atom. The molecule has 2 heterocycles. The van der Waals surface area contributed by atoms with Crippen LogP contribution in [-0.2, 0) is 9.84 Å². The number of phenols is 1. The van der Waals surface area contributed by atoms with E-state index >= 15 is 0 Å². The number of rotatable bonds is 3. The van der Waals surface area contributed by atoms with E-state index in [4.69, 9.17) is 4.42 Å². The molecule has 0 radical (unpaired) electrons. The highest BCUT2D eigenvalue weighted by Crippen LogP contribution is 2.34. The number of phenolic OH excluding ortho intramolecular Hbond substituents is 1. The third-order valence-corrected chi connectivity index (χ3v) is 6.27. The van der Waals surface area contributed by atoms with Gasteiger partial charge in [-0.1, -0.05) is 0 Å². The fourth-order valence-corrected chi connectivity index (χ4v) is 4.03. The van der Waals surface area contributed by atoms with Crippen molar-refractivity contribution < 1.29 is 26.7 Å². The first-order valence-electron chi connectivity index (χ1n) is 8.17. The van der Waals surface area contributed by atoms with E-state index in [1.54, 1.807) is 12.1 Å². The lowest BCUT2D eigenvalue weighted by molar-refractivity contribution is 0.407. The van der Waals surface area contributed by atoms with Crippen LogP contribution in [0.15, 0.2) is 28.7 Å². The van der Waals surface area contributed by atoms with E-state index in [1.165, 1.54) is 6.26 Å². The molecule has 6 nitrogen and oxygen atoms in total. The van der Waals surface area contributed by atoms with Crippen molar-refractivity contribution in [1.29, 1.82) is 0 Å². The van der Waals surface area contributed by atoms with E-state index in [1.807, 2.05) is 11.8 Å². The zero-order valence-electron chi connectivity index (χ0n) is 14.5. The van der Waals surface area contributed by atoms with Gasteiger partial charge in [0.15, 0.2) is 32.8 Å². The van der Waals surface area contributed by atoms with Crippen molar-refractivity contribution >= 4 is 26.6 Å². The number of nitrogens with zero attached hydrogens (tertiary/aromatic N) is 2. The summed E-state index contributed by atoms with van der Waals surface area (Å²) in [4.78, 5) is 6.24. The number of hydrogen-bond donors (Lipinski definition) is 1. The Hall–Kier alpha value is -2.68. The molecule has 9 heteroatoms. The van der Waals surface area contributed by atoms with Crippen molar-refractivity contribution in [3.63, 3.8) is 0 Å². The van der Waals surface area contributed by atoms with Crippen LogP contribution in [0.2, 0.25) is 0 Å². The first kappa shape index (κ1) is 17.7. The van der Waals surface area contributed by atoms with Crippen molar-refractivity contribution in [1.82, 2.24) is 4.98 Å². The predicted octanol–water partition coefficient (Wildman–Crippen LogP) is 3.02. The zero-order chi connectivity index (χ0) is 19.5. The maximum atomic E-state index is 13.5. The maximum absolute atomic E-state index is 13.5. The van der Waals surface area contributed by atoms with Crippen LogP contribution >= 0.6 is 0 Å². The average Bonchev–Trinajstić information content (AvgIpc) is 2.92. The van der Waals surface area contributed by atoms with Crippen molar-refractivity contribution in [3.8, 4) is 17.2 Å². The van der Waals surface area contributed by atoms with Crippen LogP contribution in [0, 0.1) is 18.6 Å². The van der Waals surface area contributed by atoms with Crippen LogP contribution in [0.1, 0.15) is 5.56 Å². The molecule has 1 aliphatic heterocycles. The molecule has 2 aromatic carbocycles. The lowest BCUT2D eigenvalue weighted by Gasteiger charge is -2.40. The molecular formula is C18H16F2N2O4S. The molecule has 4 rings (SSSR count). The third kappa shape index (κ3) is 3.01. The summed E-state index contributed by atoms with van der Waals surface area (Å²) >= 11 is 0. The quantitative estimate of drug-likeness (QED) is 0.735. The van der Waals surface area contributed by atoms with Crippen LogP contribution < -0.4 is 4.90 Å². The number of aromatic nitrogens is 1. The van der Waals surface area contributed by atoms with Gasteiger partial charge in [-0.15, -0.1) is 0 Å². The minimum atomic E-state index is -3.07. The van der Waals surface area contributed by atoms with Gasteiger partial charge >= 0.3 is 0 Å². The van der Waals surface area contributed by atoms with Gasteiger partial charge in [0, 0.05) is 30.6 Å². The van der Waals surface area contributed by atoms with E-state index in [0.29, 0.717) is 24.2 Å². The first-order chi connectivity index (χ1) is 12.6. The first-order valence-corrected chi connectivity index (χ1v) is 10.1. The number of fused-ring (bicyclic) bond motifs is 1. The van der Waals surface area contributed by atoms with E-state index in [2.05, 4.69) is 4.98 Å². The topological polar surface area (TPSA) is 83.6 Å². The van der Waals surface area contributed by atoms with Crippen LogP contribution in [0.4, 0.5) is 14.5 Å². The van der Waals surface area contributed by atoms with Crippen LogP contribution in [-0.4, -0.2) is 43.1 Å². The highest BCUT2D eigenvalue weighted by atomic mass is 32.2. The van der Waals surface area contributed by atoms with Crippen LogP contribution in [0.3, 0.4) is 0 Å². The van der Waals surface area contributed by atoms with Crippen molar-refractivity contribution in [2.45, 2.75) is 12.2 Å². The number of oxazole rings is 1. The van der Waals surface area contributed by atoms with Gasteiger partial charge in [-0.05, 0) is 36.8 Å². The molecule has 27 heavy (non-hydrogen) atoms. The Morgan fingerprint density at radius 1 is 1.22 bits per heavy atom. The Balaban J connectivity index is 1.70. The SMILES string of the molecule is Cc1cc2oc(-c3cc(O)c(F)c(F)c3)nc2cc1N1CC(S(C)(=O)=O)C1. The summed E-state index contributed by atoms with van der Waals surface area (Å²) in [6, 6.07) is 5.48. The minimum absolute atomic E-state index is 0.0494. The van der Waals surface area contributed by atoms with Gasteiger partial charge in [-0.25, -0.2) is 17.8 Å². The summed E-state index contributed by atoms with van der Waals surface area (Å²) in [5.41, 5.74) is 2.79. The molecule has 1 aliphatic rings. The van der Waals surface area contributed by atoms with E-state index in [-0.39, 0.29) is 16.7 Å². The molecule has 0 amide bonds. The number of aromatic hydroxyl groups is 1. The number of anilines is 1. The number of sulfone groups is 1. The number of aryl methyl sites for hydroxylation is 1. The highest BCUT2D eigenvalue weighted by molar-refractivity contribution is 7.91. The lowest BCUT2D eigenvalue weighted by atomic mass is 10.1. The summed E-state index contributed by atoms with van der Waals surface area (Å²) in [6.07, 6.45) is 1.23. The molecule has 1 fully saturated rings. The molecular weight excluding hydrogens is 378 g/mol. The van der Waals surface area contributed by atoms with Crippen LogP contribution in [0.5, 0.6) is 5.75 Å². The molecule has 0 atom stereocenters.